The number of halogens is 4. The van der Waals surface area contributed by atoms with Gasteiger partial charge in [0.2, 0.25) is 0 Å². The van der Waals surface area contributed by atoms with Crippen LogP contribution in [0.25, 0.3) is 0 Å². The summed E-state index contributed by atoms with van der Waals surface area (Å²) in [4.78, 5) is 24.4. The molecule has 0 unspecified atom stereocenters. The zero-order valence-electron chi connectivity index (χ0n) is 14.0. The third kappa shape index (κ3) is 4.85. The highest BCUT2D eigenvalue weighted by molar-refractivity contribution is 6.35. The molecule has 3 rings (SSSR count). The molecule has 0 radical (unpaired) electrons. The number of carbonyl (C=O) groups excluding carboxylic acids is 2. The van der Waals surface area contributed by atoms with Gasteiger partial charge in [-0.1, -0.05) is 23.2 Å². The number of aromatic nitrogens is 2. The van der Waals surface area contributed by atoms with Crippen molar-refractivity contribution in [2.24, 2.45) is 0 Å². The van der Waals surface area contributed by atoms with Crippen molar-refractivity contribution in [3.05, 3.63) is 76.0 Å². The maximum atomic E-state index is 12.5. The Bertz CT molecular complexity index is 1000. The molecular formula is C18H12Cl2F2N4O2. The molecule has 0 saturated heterocycles. The Labute approximate surface area is 168 Å². The molecule has 10 heteroatoms. The highest BCUT2D eigenvalue weighted by Gasteiger charge is 2.12. The molecule has 0 bridgehead atoms. The lowest BCUT2D eigenvalue weighted by atomic mass is 10.1. The Hall–Kier alpha value is -2.97. The number of alkyl halides is 2. The van der Waals surface area contributed by atoms with E-state index in [2.05, 4.69) is 15.7 Å². The minimum absolute atomic E-state index is 0.139. The lowest BCUT2D eigenvalue weighted by molar-refractivity contribution is 0.0566. The van der Waals surface area contributed by atoms with Crippen molar-refractivity contribution >= 4 is 46.4 Å². The summed E-state index contributed by atoms with van der Waals surface area (Å²) in [6.45, 7) is -2.79. The molecule has 0 spiro atoms. The normalized spacial score (nSPS) is 10.8. The third-order valence-electron chi connectivity index (χ3n) is 3.59. The minimum Gasteiger partial charge on any atom is -0.322 e. The summed E-state index contributed by atoms with van der Waals surface area (Å²) in [6.07, 6.45) is 2.14. The molecule has 0 aliphatic carbocycles. The van der Waals surface area contributed by atoms with Gasteiger partial charge in [-0.15, -0.1) is 0 Å². The summed E-state index contributed by atoms with van der Waals surface area (Å²) in [5, 5.41) is 9.22. The highest BCUT2D eigenvalue weighted by atomic mass is 35.5. The summed E-state index contributed by atoms with van der Waals surface area (Å²) in [7, 11) is 0. The molecule has 28 heavy (non-hydrogen) atoms. The number of hydrogen-bond acceptors (Lipinski definition) is 3. The fourth-order valence-electron chi connectivity index (χ4n) is 2.31. The van der Waals surface area contributed by atoms with Crippen LogP contribution in [-0.4, -0.2) is 21.6 Å². The molecule has 2 aromatic carbocycles. The quantitative estimate of drug-likeness (QED) is 0.598. The van der Waals surface area contributed by atoms with Crippen molar-refractivity contribution < 1.29 is 18.4 Å². The van der Waals surface area contributed by atoms with E-state index in [0.717, 1.165) is 12.4 Å². The Morgan fingerprint density at radius 2 is 1.46 bits per heavy atom. The van der Waals surface area contributed by atoms with Crippen LogP contribution in [0.1, 0.15) is 27.3 Å². The summed E-state index contributed by atoms with van der Waals surface area (Å²) >= 11 is 11.8. The lowest BCUT2D eigenvalue weighted by Crippen LogP contribution is -2.13. The van der Waals surface area contributed by atoms with Crippen molar-refractivity contribution in [2.45, 2.75) is 6.55 Å². The van der Waals surface area contributed by atoms with Crippen molar-refractivity contribution in [2.75, 3.05) is 10.6 Å². The minimum atomic E-state index is -2.79. The summed E-state index contributed by atoms with van der Waals surface area (Å²) in [5.74, 6) is -0.922. The number of carbonyl (C=O) groups is 2. The zero-order chi connectivity index (χ0) is 20.3. The Balaban J connectivity index is 1.65. The number of benzene rings is 2. The van der Waals surface area contributed by atoms with E-state index in [1.807, 2.05) is 0 Å². The fraction of sp³-hybridized carbons (Fsp3) is 0.0556. The zero-order valence-corrected chi connectivity index (χ0v) is 15.5. The van der Waals surface area contributed by atoms with Crippen LogP contribution >= 0.6 is 23.2 Å². The van der Waals surface area contributed by atoms with E-state index in [4.69, 9.17) is 23.2 Å². The number of rotatable bonds is 5. The van der Waals surface area contributed by atoms with E-state index >= 15 is 0 Å². The van der Waals surface area contributed by atoms with Gasteiger partial charge in [0.1, 0.15) is 0 Å². The van der Waals surface area contributed by atoms with Gasteiger partial charge in [0.15, 0.2) is 0 Å². The van der Waals surface area contributed by atoms with E-state index in [9.17, 15) is 18.4 Å². The van der Waals surface area contributed by atoms with Gasteiger partial charge in [0, 0.05) is 26.9 Å². The molecule has 2 N–H and O–H groups in total. The first-order chi connectivity index (χ1) is 13.3. The lowest BCUT2D eigenvalue weighted by Gasteiger charge is -2.08. The molecule has 3 aromatic rings. The molecule has 0 atom stereocenters. The average Bonchev–Trinajstić information content (AvgIpc) is 3.10. The second kappa shape index (κ2) is 8.37. The average molecular weight is 425 g/mol. The predicted molar refractivity (Wildman–Crippen MR) is 102 cm³/mol. The number of nitrogens with one attached hydrogen (secondary N) is 2. The number of anilines is 2. The Morgan fingerprint density at radius 3 is 2.04 bits per heavy atom. The second-order valence-electron chi connectivity index (χ2n) is 5.63. The van der Waals surface area contributed by atoms with Crippen molar-refractivity contribution in [1.29, 1.82) is 0 Å². The standard InChI is InChI=1S/C18H12Cl2F2N4O2/c19-12-5-11(6-13(20)7-12)17(28)24-14-3-1-10(2-4-14)16(27)25-15-8-23-26(9-15)18(21)22/h1-9,18H,(H,24,28)(H,25,27). The van der Waals surface area contributed by atoms with E-state index < -0.39 is 18.4 Å². The first-order valence-electron chi connectivity index (χ1n) is 7.83. The largest absolute Gasteiger partial charge is 0.333 e. The molecule has 0 aliphatic heterocycles. The van der Waals surface area contributed by atoms with Crippen molar-refractivity contribution in [3.8, 4) is 0 Å². The molecule has 144 valence electrons. The Kier molecular flexibility index (Phi) is 5.91. The molecule has 6 nitrogen and oxygen atoms in total. The van der Waals surface area contributed by atoms with Crippen LogP contribution < -0.4 is 10.6 Å². The van der Waals surface area contributed by atoms with Gasteiger partial charge in [-0.25, -0.2) is 4.68 Å². The molecule has 1 aromatic heterocycles. The monoisotopic (exact) mass is 424 g/mol. The van der Waals surface area contributed by atoms with Gasteiger partial charge >= 0.3 is 6.55 Å². The highest BCUT2D eigenvalue weighted by Crippen LogP contribution is 2.20. The van der Waals surface area contributed by atoms with E-state index in [0.29, 0.717) is 20.4 Å². The first kappa shape index (κ1) is 19.8. The smallest absolute Gasteiger partial charge is 0.322 e. The van der Waals surface area contributed by atoms with Gasteiger partial charge < -0.3 is 10.6 Å². The Morgan fingerprint density at radius 1 is 0.893 bits per heavy atom. The summed E-state index contributed by atoms with van der Waals surface area (Å²) < 4.78 is 25.4. The van der Waals surface area contributed by atoms with Crippen LogP contribution in [0.4, 0.5) is 20.2 Å². The van der Waals surface area contributed by atoms with Crippen molar-refractivity contribution in [1.82, 2.24) is 9.78 Å². The van der Waals surface area contributed by atoms with Crippen LogP contribution in [0, 0.1) is 0 Å². The maximum Gasteiger partial charge on any atom is 0.333 e. The SMILES string of the molecule is O=C(Nc1cnn(C(F)F)c1)c1ccc(NC(=O)c2cc(Cl)cc(Cl)c2)cc1. The summed E-state index contributed by atoms with van der Waals surface area (Å²) in [6, 6.07) is 10.5. The third-order valence-corrected chi connectivity index (χ3v) is 4.03. The van der Waals surface area contributed by atoms with E-state index in [1.165, 1.54) is 42.5 Å². The number of amides is 2. The van der Waals surface area contributed by atoms with Crippen molar-refractivity contribution in [3.63, 3.8) is 0 Å². The van der Waals surface area contributed by atoms with Crippen LogP contribution in [0.2, 0.25) is 10.0 Å². The summed E-state index contributed by atoms with van der Waals surface area (Å²) in [5.41, 5.74) is 1.15. The molecule has 0 fully saturated rings. The maximum absolute atomic E-state index is 12.5. The second-order valence-corrected chi connectivity index (χ2v) is 6.50. The van der Waals surface area contributed by atoms with Crippen LogP contribution in [0.15, 0.2) is 54.9 Å². The molecular weight excluding hydrogens is 413 g/mol. The topological polar surface area (TPSA) is 76.0 Å². The molecule has 1 heterocycles. The number of hydrogen-bond donors (Lipinski definition) is 2. The number of nitrogens with zero attached hydrogens (tertiary/aromatic N) is 2. The molecule has 0 aliphatic rings. The van der Waals surface area contributed by atoms with Crippen LogP contribution in [-0.2, 0) is 0 Å². The van der Waals surface area contributed by atoms with E-state index in [1.54, 1.807) is 0 Å². The van der Waals surface area contributed by atoms with Gasteiger partial charge in [0.25, 0.3) is 11.8 Å². The molecule has 2 amide bonds. The first-order valence-corrected chi connectivity index (χ1v) is 8.58. The van der Waals surface area contributed by atoms with Crippen LogP contribution in [0.5, 0.6) is 0 Å². The van der Waals surface area contributed by atoms with Gasteiger partial charge in [0.05, 0.1) is 18.1 Å². The van der Waals surface area contributed by atoms with Gasteiger partial charge in [-0.05, 0) is 42.5 Å². The van der Waals surface area contributed by atoms with Crippen LogP contribution in [0.3, 0.4) is 0 Å². The predicted octanol–water partition coefficient (Wildman–Crippen LogP) is 5.09. The fourth-order valence-corrected chi connectivity index (χ4v) is 2.83. The molecule has 0 saturated carbocycles. The van der Waals surface area contributed by atoms with Gasteiger partial charge in [-0.3, -0.25) is 9.59 Å². The van der Waals surface area contributed by atoms with Gasteiger partial charge in [-0.2, -0.15) is 13.9 Å². The van der Waals surface area contributed by atoms with E-state index in [-0.39, 0.29) is 16.8 Å².